The summed E-state index contributed by atoms with van der Waals surface area (Å²) in [5, 5.41) is 14.7. The molecule has 0 saturated carbocycles. The molecule has 0 unspecified atom stereocenters. The summed E-state index contributed by atoms with van der Waals surface area (Å²) < 4.78 is 38.1. The van der Waals surface area contributed by atoms with Crippen LogP contribution in [0.25, 0.3) is 0 Å². The highest BCUT2D eigenvalue weighted by Gasteiger charge is 2.36. The van der Waals surface area contributed by atoms with E-state index < -0.39 is 20.6 Å². The highest BCUT2D eigenvalue weighted by molar-refractivity contribution is 7.89. The summed E-state index contributed by atoms with van der Waals surface area (Å²) in [6.07, 6.45) is 1.45. The molecular weight excluding hydrogens is 362 g/mol. The molecule has 0 bridgehead atoms. The number of rotatable bonds is 6. The van der Waals surface area contributed by atoms with Gasteiger partial charge in [-0.2, -0.15) is 4.31 Å². The number of sulfonamides is 1. The van der Waals surface area contributed by atoms with Crippen molar-refractivity contribution in [3.05, 3.63) is 22.2 Å². The molecule has 0 amide bonds. The summed E-state index contributed by atoms with van der Waals surface area (Å²) in [7, 11) is -3.98. The molecule has 1 aromatic carbocycles. The predicted octanol–water partition coefficient (Wildman–Crippen LogP) is 1.38. The molecule has 144 valence electrons. The van der Waals surface area contributed by atoms with E-state index in [0.29, 0.717) is 19.0 Å². The van der Waals surface area contributed by atoms with Gasteiger partial charge in [0, 0.05) is 19.2 Å². The van der Waals surface area contributed by atoms with Crippen molar-refractivity contribution in [1.82, 2.24) is 9.62 Å². The average molecular weight is 385 g/mol. The standard InChI is InChI=1S/C16H23N3O6S/c1-2-17-11-12-3-5-18(6-4-12)26(22,23)16-10-15-14(24-7-8-25-15)9-13(16)19(20)21/h9-10,12,17H,2-8,11H2,1H3. The summed E-state index contributed by atoms with van der Waals surface area (Å²) >= 11 is 0. The number of nitro groups is 1. The van der Waals surface area contributed by atoms with Crippen LogP contribution in [0, 0.1) is 16.0 Å². The molecule has 0 aromatic heterocycles. The highest BCUT2D eigenvalue weighted by Crippen LogP contribution is 2.40. The van der Waals surface area contributed by atoms with E-state index in [1.807, 2.05) is 6.92 Å². The van der Waals surface area contributed by atoms with Crippen LogP contribution in [0.15, 0.2) is 17.0 Å². The van der Waals surface area contributed by atoms with Crippen molar-refractivity contribution < 1.29 is 22.8 Å². The maximum atomic E-state index is 13.0. The molecule has 2 aliphatic heterocycles. The Hall–Kier alpha value is -1.91. The minimum atomic E-state index is -3.98. The molecule has 2 heterocycles. The molecule has 0 atom stereocenters. The van der Waals surface area contributed by atoms with Crippen molar-refractivity contribution in [2.24, 2.45) is 5.92 Å². The van der Waals surface area contributed by atoms with Gasteiger partial charge in [0.1, 0.15) is 13.2 Å². The van der Waals surface area contributed by atoms with E-state index in [1.165, 1.54) is 10.4 Å². The first-order valence-corrected chi connectivity index (χ1v) is 10.2. The van der Waals surface area contributed by atoms with Gasteiger partial charge in [0.2, 0.25) is 10.0 Å². The van der Waals surface area contributed by atoms with Crippen LogP contribution in [0.3, 0.4) is 0 Å². The summed E-state index contributed by atoms with van der Waals surface area (Å²) in [5.41, 5.74) is -0.482. The van der Waals surface area contributed by atoms with E-state index in [0.717, 1.165) is 32.0 Å². The van der Waals surface area contributed by atoms with E-state index in [4.69, 9.17) is 9.47 Å². The fourth-order valence-corrected chi connectivity index (χ4v) is 4.87. The van der Waals surface area contributed by atoms with Crippen LogP contribution < -0.4 is 14.8 Å². The molecule has 2 aliphatic rings. The van der Waals surface area contributed by atoms with Crippen LogP contribution in [0.2, 0.25) is 0 Å². The van der Waals surface area contributed by atoms with Crippen LogP contribution in [-0.4, -0.2) is 57.0 Å². The first-order chi connectivity index (χ1) is 12.4. The minimum Gasteiger partial charge on any atom is -0.486 e. The van der Waals surface area contributed by atoms with Crippen molar-refractivity contribution in [1.29, 1.82) is 0 Å². The van der Waals surface area contributed by atoms with E-state index in [2.05, 4.69) is 5.32 Å². The van der Waals surface area contributed by atoms with Gasteiger partial charge < -0.3 is 14.8 Å². The van der Waals surface area contributed by atoms with Crippen LogP contribution >= 0.6 is 0 Å². The van der Waals surface area contributed by atoms with E-state index in [1.54, 1.807) is 0 Å². The highest BCUT2D eigenvalue weighted by atomic mass is 32.2. The Morgan fingerprint density at radius 3 is 2.42 bits per heavy atom. The molecule has 1 saturated heterocycles. The monoisotopic (exact) mass is 385 g/mol. The van der Waals surface area contributed by atoms with Gasteiger partial charge in [-0.3, -0.25) is 10.1 Å². The Bertz CT molecular complexity index is 774. The Balaban J connectivity index is 1.86. The smallest absolute Gasteiger partial charge is 0.293 e. The van der Waals surface area contributed by atoms with Gasteiger partial charge in [-0.15, -0.1) is 0 Å². The maximum absolute atomic E-state index is 13.0. The van der Waals surface area contributed by atoms with Gasteiger partial charge in [-0.25, -0.2) is 8.42 Å². The van der Waals surface area contributed by atoms with Gasteiger partial charge in [0.15, 0.2) is 16.4 Å². The summed E-state index contributed by atoms with van der Waals surface area (Å²) in [5.74, 6) is 0.838. The first-order valence-electron chi connectivity index (χ1n) is 8.72. The average Bonchev–Trinajstić information content (AvgIpc) is 2.65. The third-order valence-corrected chi connectivity index (χ3v) is 6.62. The molecule has 9 nitrogen and oxygen atoms in total. The quantitative estimate of drug-likeness (QED) is 0.581. The zero-order chi connectivity index (χ0) is 18.7. The molecule has 1 aromatic rings. The normalized spacial score (nSPS) is 18.7. The predicted molar refractivity (Wildman–Crippen MR) is 94.1 cm³/mol. The topological polar surface area (TPSA) is 111 Å². The molecule has 1 N–H and O–H groups in total. The second-order valence-electron chi connectivity index (χ2n) is 6.38. The number of hydrogen-bond donors (Lipinski definition) is 1. The lowest BCUT2D eigenvalue weighted by molar-refractivity contribution is -0.388. The molecular formula is C16H23N3O6S. The SMILES string of the molecule is CCNCC1CCN(S(=O)(=O)c2cc3c(cc2[N+](=O)[O-])OCCO3)CC1. The van der Waals surface area contributed by atoms with Crippen LogP contribution in [0.4, 0.5) is 5.69 Å². The Labute approximate surface area is 152 Å². The zero-order valence-corrected chi connectivity index (χ0v) is 15.5. The number of nitrogens with one attached hydrogen (secondary N) is 1. The van der Waals surface area contributed by atoms with E-state index in [-0.39, 0.29) is 29.6 Å². The Morgan fingerprint density at radius 1 is 1.23 bits per heavy atom. The number of fused-ring (bicyclic) bond motifs is 1. The van der Waals surface area contributed by atoms with E-state index in [9.17, 15) is 18.5 Å². The number of piperidine rings is 1. The van der Waals surface area contributed by atoms with Crippen molar-refractivity contribution >= 4 is 15.7 Å². The Kier molecular flexibility index (Phi) is 5.64. The van der Waals surface area contributed by atoms with Crippen LogP contribution in [-0.2, 0) is 10.0 Å². The lowest BCUT2D eigenvalue weighted by atomic mass is 9.98. The van der Waals surface area contributed by atoms with Crippen molar-refractivity contribution in [3.63, 3.8) is 0 Å². The second-order valence-corrected chi connectivity index (χ2v) is 8.28. The van der Waals surface area contributed by atoms with Crippen LogP contribution in [0.5, 0.6) is 11.5 Å². The molecule has 0 spiro atoms. The zero-order valence-electron chi connectivity index (χ0n) is 14.6. The van der Waals surface area contributed by atoms with Gasteiger partial charge in [0.25, 0.3) is 5.69 Å². The van der Waals surface area contributed by atoms with Gasteiger partial charge in [0.05, 0.1) is 11.0 Å². The van der Waals surface area contributed by atoms with Gasteiger partial charge >= 0.3 is 0 Å². The lowest BCUT2D eigenvalue weighted by Gasteiger charge is -2.31. The molecule has 0 radical (unpaired) electrons. The number of nitro benzene ring substituents is 1. The third kappa shape index (κ3) is 3.76. The minimum absolute atomic E-state index is 0.200. The molecule has 26 heavy (non-hydrogen) atoms. The fraction of sp³-hybridized carbons (Fsp3) is 0.625. The summed E-state index contributed by atoms with van der Waals surface area (Å²) in [6, 6.07) is 2.35. The summed E-state index contributed by atoms with van der Waals surface area (Å²) in [4.78, 5) is 10.4. The van der Waals surface area contributed by atoms with E-state index >= 15 is 0 Å². The first kappa shape index (κ1) is 18.9. The van der Waals surface area contributed by atoms with Crippen molar-refractivity contribution in [2.45, 2.75) is 24.7 Å². The van der Waals surface area contributed by atoms with Gasteiger partial charge in [-0.05, 0) is 31.8 Å². The van der Waals surface area contributed by atoms with Crippen molar-refractivity contribution in [2.75, 3.05) is 39.4 Å². The second kappa shape index (κ2) is 7.77. The number of nitrogens with zero attached hydrogens (tertiary/aromatic N) is 2. The fourth-order valence-electron chi connectivity index (χ4n) is 3.25. The van der Waals surface area contributed by atoms with Crippen molar-refractivity contribution in [3.8, 4) is 11.5 Å². The molecule has 1 fully saturated rings. The van der Waals surface area contributed by atoms with Gasteiger partial charge in [-0.1, -0.05) is 6.92 Å². The number of hydrogen-bond acceptors (Lipinski definition) is 7. The molecule has 0 aliphatic carbocycles. The lowest BCUT2D eigenvalue weighted by Crippen LogP contribution is -2.40. The summed E-state index contributed by atoms with van der Waals surface area (Å²) in [6.45, 7) is 5.01. The van der Waals surface area contributed by atoms with Crippen LogP contribution in [0.1, 0.15) is 19.8 Å². The maximum Gasteiger partial charge on any atom is 0.293 e. The third-order valence-electron chi connectivity index (χ3n) is 4.69. The number of benzene rings is 1. The Morgan fingerprint density at radius 2 is 1.85 bits per heavy atom. The molecule has 3 rings (SSSR count). The largest absolute Gasteiger partial charge is 0.486 e. The molecule has 10 heteroatoms. The number of ether oxygens (including phenoxy) is 2.